The van der Waals surface area contributed by atoms with Crippen molar-refractivity contribution in [2.24, 2.45) is 5.92 Å². The molecule has 3 aromatic rings. The molecular formula is C28H31Cl2N3O4S. The van der Waals surface area contributed by atoms with E-state index in [9.17, 15) is 18.0 Å². The molecule has 0 aliphatic rings. The molecule has 10 heteroatoms. The van der Waals surface area contributed by atoms with Gasteiger partial charge in [0.25, 0.3) is 10.0 Å². The molecule has 38 heavy (non-hydrogen) atoms. The van der Waals surface area contributed by atoms with E-state index in [-0.39, 0.29) is 39.0 Å². The van der Waals surface area contributed by atoms with Crippen LogP contribution in [0.1, 0.15) is 26.3 Å². The Labute approximate surface area is 234 Å². The quantitative estimate of drug-likeness (QED) is 0.332. The first-order chi connectivity index (χ1) is 18.0. The highest BCUT2D eigenvalue weighted by Gasteiger charge is 2.32. The van der Waals surface area contributed by atoms with Crippen molar-refractivity contribution in [2.75, 3.05) is 17.4 Å². The first-order valence-corrected chi connectivity index (χ1v) is 14.3. The lowest BCUT2D eigenvalue weighted by molar-refractivity contribution is -0.139. The number of anilines is 1. The van der Waals surface area contributed by atoms with E-state index in [1.54, 1.807) is 25.1 Å². The minimum Gasteiger partial charge on any atom is -0.354 e. The number of sulfonamides is 1. The minimum atomic E-state index is -4.19. The van der Waals surface area contributed by atoms with Gasteiger partial charge in [-0.3, -0.25) is 13.9 Å². The molecule has 0 saturated carbocycles. The number of hydrogen-bond acceptors (Lipinski definition) is 4. The molecule has 0 aliphatic heterocycles. The fraction of sp³-hybridized carbons (Fsp3) is 0.286. The zero-order valence-corrected chi connectivity index (χ0v) is 23.8. The number of rotatable bonds is 11. The van der Waals surface area contributed by atoms with Gasteiger partial charge in [0.15, 0.2) is 0 Å². The molecule has 0 aromatic heterocycles. The van der Waals surface area contributed by atoms with E-state index in [0.29, 0.717) is 6.54 Å². The summed E-state index contributed by atoms with van der Waals surface area (Å²) >= 11 is 12.4. The van der Waals surface area contributed by atoms with Crippen LogP contribution in [0, 0.1) is 5.92 Å². The van der Waals surface area contributed by atoms with Crippen molar-refractivity contribution in [3.05, 3.63) is 94.5 Å². The van der Waals surface area contributed by atoms with Crippen molar-refractivity contribution < 1.29 is 18.0 Å². The van der Waals surface area contributed by atoms with Gasteiger partial charge in [0.05, 0.1) is 10.6 Å². The Morgan fingerprint density at radius 2 is 1.42 bits per heavy atom. The number of carbonyl (C=O) groups is 2. The minimum absolute atomic E-state index is 0.00114. The SMILES string of the molecule is CC(C)CNC(=O)[C@H](C)N(Cc1ccccc1)C(=O)CN(c1cc(Cl)cc(Cl)c1)S(=O)(=O)c1ccccc1. The van der Waals surface area contributed by atoms with E-state index in [1.807, 2.05) is 44.2 Å². The van der Waals surface area contributed by atoms with E-state index in [4.69, 9.17) is 23.2 Å². The summed E-state index contributed by atoms with van der Waals surface area (Å²) < 4.78 is 28.5. The molecule has 1 N–H and O–H groups in total. The summed E-state index contributed by atoms with van der Waals surface area (Å²) in [6.45, 7) is 5.57. The van der Waals surface area contributed by atoms with Crippen LogP contribution in [0.25, 0.3) is 0 Å². The molecule has 0 heterocycles. The first-order valence-electron chi connectivity index (χ1n) is 12.1. The van der Waals surface area contributed by atoms with Crippen LogP contribution in [-0.2, 0) is 26.2 Å². The van der Waals surface area contributed by atoms with Crippen molar-refractivity contribution in [3.63, 3.8) is 0 Å². The molecule has 0 aliphatic carbocycles. The molecule has 0 unspecified atom stereocenters. The smallest absolute Gasteiger partial charge is 0.264 e. The van der Waals surface area contributed by atoms with E-state index < -0.39 is 28.5 Å². The zero-order chi connectivity index (χ0) is 27.9. The molecule has 3 aromatic carbocycles. The zero-order valence-electron chi connectivity index (χ0n) is 21.5. The highest BCUT2D eigenvalue weighted by Crippen LogP contribution is 2.30. The predicted octanol–water partition coefficient (Wildman–Crippen LogP) is 5.38. The van der Waals surface area contributed by atoms with Gasteiger partial charge in [-0.25, -0.2) is 8.42 Å². The van der Waals surface area contributed by atoms with E-state index in [2.05, 4.69) is 5.32 Å². The summed E-state index contributed by atoms with van der Waals surface area (Å²) in [4.78, 5) is 28.2. The Hall–Kier alpha value is -3.07. The largest absolute Gasteiger partial charge is 0.354 e. The van der Waals surface area contributed by atoms with Gasteiger partial charge in [-0.1, -0.05) is 85.6 Å². The van der Waals surface area contributed by atoms with Crippen LogP contribution < -0.4 is 9.62 Å². The summed E-state index contributed by atoms with van der Waals surface area (Å²) in [5.74, 6) is -0.661. The summed E-state index contributed by atoms with van der Waals surface area (Å²) in [7, 11) is -4.19. The monoisotopic (exact) mass is 575 g/mol. The van der Waals surface area contributed by atoms with Crippen LogP contribution in [0.3, 0.4) is 0 Å². The van der Waals surface area contributed by atoms with Gasteiger partial charge in [0.2, 0.25) is 11.8 Å². The number of halogens is 2. The van der Waals surface area contributed by atoms with Gasteiger partial charge in [-0.05, 0) is 48.7 Å². The van der Waals surface area contributed by atoms with Crippen molar-refractivity contribution in [2.45, 2.75) is 38.3 Å². The molecule has 0 fully saturated rings. The number of carbonyl (C=O) groups excluding carboxylic acids is 2. The number of nitrogens with zero attached hydrogens (tertiary/aromatic N) is 2. The third-order valence-electron chi connectivity index (χ3n) is 5.79. The number of hydrogen-bond donors (Lipinski definition) is 1. The van der Waals surface area contributed by atoms with Gasteiger partial charge >= 0.3 is 0 Å². The second-order valence-corrected chi connectivity index (χ2v) is 12.0. The highest BCUT2D eigenvalue weighted by molar-refractivity contribution is 7.92. The third-order valence-corrected chi connectivity index (χ3v) is 8.02. The molecule has 0 saturated heterocycles. The van der Waals surface area contributed by atoms with Crippen LogP contribution >= 0.6 is 23.2 Å². The Morgan fingerprint density at radius 1 is 0.868 bits per heavy atom. The van der Waals surface area contributed by atoms with Crippen LogP contribution in [0.2, 0.25) is 10.0 Å². The summed E-state index contributed by atoms with van der Waals surface area (Å²) in [5, 5.41) is 3.30. The number of benzene rings is 3. The molecule has 0 spiro atoms. The standard InChI is InChI=1S/C28H31Cl2N3O4S/c1-20(2)17-31-28(35)21(3)32(18-22-10-6-4-7-11-22)27(34)19-33(25-15-23(29)14-24(30)16-25)38(36,37)26-12-8-5-9-13-26/h4-16,20-21H,17-19H2,1-3H3,(H,31,35)/t21-/m0/s1. The summed E-state index contributed by atoms with van der Waals surface area (Å²) in [6, 6.07) is 20.5. The topological polar surface area (TPSA) is 86.8 Å². The average Bonchev–Trinajstić information content (AvgIpc) is 2.88. The van der Waals surface area contributed by atoms with Crippen molar-refractivity contribution in [1.29, 1.82) is 0 Å². The van der Waals surface area contributed by atoms with Crippen molar-refractivity contribution in [3.8, 4) is 0 Å². The highest BCUT2D eigenvalue weighted by atomic mass is 35.5. The number of nitrogens with one attached hydrogen (secondary N) is 1. The third kappa shape index (κ3) is 7.72. The van der Waals surface area contributed by atoms with E-state index >= 15 is 0 Å². The maximum atomic E-state index is 13.8. The Kier molecular flexibility index (Phi) is 10.2. The lowest BCUT2D eigenvalue weighted by Crippen LogP contribution is -2.51. The molecule has 0 radical (unpaired) electrons. The van der Waals surface area contributed by atoms with E-state index in [0.717, 1.165) is 9.87 Å². The Bertz CT molecular complexity index is 1330. The maximum absolute atomic E-state index is 13.8. The van der Waals surface area contributed by atoms with Crippen LogP contribution in [0.4, 0.5) is 5.69 Å². The Morgan fingerprint density at radius 3 is 1.97 bits per heavy atom. The van der Waals surface area contributed by atoms with Gasteiger partial charge in [0.1, 0.15) is 12.6 Å². The molecular weight excluding hydrogens is 545 g/mol. The first kappa shape index (κ1) is 29.5. The van der Waals surface area contributed by atoms with Crippen LogP contribution in [-0.4, -0.2) is 44.3 Å². The fourth-order valence-corrected chi connectivity index (χ4v) is 5.68. The normalized spacial score (nSPS) is 12.2. The molecule has 202 valence electrons. The summed E-state index contributed by atoms with van der Waals surface area (Å²) in [5.41, 5.74) is 0.934. The van der Waals surface area contributed by atoms with Gasteiger partial charge in [-0.15, -0.1) is 0 Å². The van der Waals surface area contributed by atoms with Gasteiger partial charge in [-0.2, -0.15) is 0 Å². The predicted molar refractivity (Wildman–Crippen MR) is 152 cm³/mol. The van der Waals surface area contributed by atoms with Crippen molar-refractivity contribution >= 4 is 50.7 Å². The average molecular weight is 577 g/mol. The van der Waals surface area contributed by atoms with E-state index in [1.165, 1.54) is 35.2 Å². The second-order valence-electron chi connectivity index (χ2n) is 9.27. The van der Waals surface area contributed by atoms with Gasteiger partial charge in [0, 0.05) is 23.1 Å². The lowest BCUT2D eigenvalue weighted by Gasteiger charge is -2.32. The lowest BCUT2D eigenvalue weighted by atomic mass is 10.1. The van der Waals surface area contributed by atoms with Crippen LogP contribution in [0.15, 0.2) is 83.8 Å². The molecule has 7 nitrogen and oxygen atoms in total. The molecule has 3 rings (SSSR count). The Balaban J connectivity index is 2.02. The molecule has 0 bridgehead atoms. The van der Waals surface area contributed by atoms with Crippen LogP contribution in [0.5, 0.6) is 0 Å². The second kappa shape index (κ2) is 13.1. The fourth-order valence-electron chi connectivity index (χ4n) is 3.75. The van der Waals surface area contributed by atoms with Crippen molar-refractivity contribution in [1.82, 2.24) is 10.2 Å². The van der Waals surface area contributed by atoms with Gasteiger partial charge < -0.3 is 10.2 Å². The molecule has 1 atom stereocenters. The summed E-state index contributed by atoms with van der Waals surface area (Å²) in [6.07, 6.45) is 0. The number of amides is 2. The maximum Gasteiger partial charge on any atom is 0.264 e. The molecule has 2 amide bonds.